The second-order valence-corrected chi connectivity index (χ2v) is 6.08. The van der Waals surface area contributed by atoms with Crippen molar-refractivity contribution in [3.05, 3.63) is 59.8 Å². The Morgan fingerprint density at radius 3 is 2.83 bits per heavy atom. The molecule has 5 nitrogen and oxygen atoms in total. The van der Waals surface area contributed by atoms with E-state index in [0.717, 1.165) is 22.0 Å². The summed E-state index contributed by atoms with van der Waals surface area (Å²) in [4.78, 5) is 16.8. The summed E-state index contributed by atoms with van der Waals surface area (Å²) in [6.07, 6.45) is 1.82. The minimum atomic E-state index is -0.385. The molecule has 120 valence electrons. The molecule has 0 radical (unpaired) electrons. The van der Waals surface area contributed by atoms with E-state index >= 15 is 0 Å². The first-order valence-electron chi connectivity index (χ1n) is 7.41. The number of ether oxygens (including phenoxy) is 2. The lowest BCUT2D eigenvalue weighted by Crippen LogP contribution is -2.07. The third-order valence-corrected chi connectivity index (χ3v) is 4.69. The Kier molecular flexibility index (Phi) is 3.66. The summed E-state index contributed by atoms with van der Waals surface area (Å²) in [6.45, 7) is 0.162. The molecule has 0 unspecified atom stereocenters. The Labute approximate surface area is 142 Å². The van der Waals surface area contributed by atoms with Crippen molar-refractivity contribution in [3.8, 4) is 22.0 Å². The smallest absolute Gasteiger partial charge is 0.359 e. The van der Waals surface area contributed by atoms with Crippen molar-refractivity contribution in [1.29, 1.82) is 0 Å². The van der Waals surface area contributed by atoms with Gasteiger partial charge in [0.25, 0.3) is 0 Å². The highest BCUT2D eigenvalue weighted by Crippen LogP contribution is 2.32. The van der Waals surface area contributed by atoms with Gasteiger partial charge in [0.15, 0.2) is 18.1 Å². The highest BCUT2D eigenvalue weighted by Gasteiger charge is 2.29. The van der Waals surface area contributed by atoms with Gasteiger partial charge in [0.1, 0.15) is 5.01 Å². The number of methoxy groups -OCH3 is 1. The summed E-state index contributed by atoms with van der Waals surface area (Å²) >= 11 is 1.54. The largest absolute Gasteiger partial charge is 0.495 e. The summed E-state index contributed by atoms with van der Waals surface area (Å²) in [5.41, 5.74) is 3.23. The zero-order chi connectivity index (χ0) is 16.5. The molecule has 6 heteroatoms. The van der Waals surface area contributed by atoms with Crippen LogP contribution in [0.3, 0.4) is 0 Å². The number of rotatable bonds is 4. The fraction of sp³-hybridized carbons (Fsp3) is 0.111. The molecule has 4 rings (SSSR count). The molecule has 0 fully saturated rings. The van der Waals surface area contributed by atoms with Crippen molar-refractivity contribution < 1.29 is 14.3 Å². The average Bonchev–Trinajstić information content (AvgIpc) is 3.33. The van der Waals surface area contributed by atoms with E-state index in [0.29, 0.717) is 11.5 Å². The van der Waals surface area contributed by atoms with Gasteiger partial charge in [0.05, 0.1) is 18.5 Å². The topological polar surface area (TPSA) is 53.4 Å². The second-order valence-electron chi connectivity index (χ2n) is 5.22. The molecule has 0 saturated carbocycles. The molecule has 0 saturated heterocycles. The van der Waals surface area contributed by atoms with Crippen molar-refractivity contribution in [2.24, 2.45) is 0 Å². The van der Waals surface area contributed by atoms with E-state index in [1.54, 1.807) is 4.57 Å². The fourth-order valence-corrected chi connectivity index (χ4v) is 3.50. The predicted molar refractivity (Wildman–Crippen MR) is 92.2 cm³/mol. The van der Waals surface area contributed by atoms with Crippen molar-refractivity contribution >= 4 is 23.0 Å². The van der Waals surface area contributed by atoms with E-state index in [4.69, 9.17) is 14.5 Å². The number of esters is 1. The summed E-state index contributed by atoms with van der Waals surface area (Å²) in [5.74, 6) is 0.140. The van der Waals surface area contributed by atoms with Gasteiger partial charge >= 0.3 is 5.97 Å². The zero-order valence-electron chi connectivity index (χ0n) is 12.9. The Morgan fingerprint density at radius 2 is 2.04 bits per heavy atom. The van der Waals surface area contributed by atoms with Crippen LogP contribution in [0.2, 0.25) is 0 Å². The molecule has 0 aliphatic carbocycles. The summed E-state index contributed by atoms with van der Waals surface area (Å²) in [6, 6.07) is 13.8. The second kappa shape index (κ2) is 5.98. The van der Waals surface area contributed by atoms with Gasteiger partial charge in [-0.05, 0) is 12.1 Å². The standard InChI is InChI=1S/C18H14N2O3S/c1-22-15-10-23-18(21)16(15)20-9-5-8-14(20)17-19-13(11-24-17)12-6-3-2-4-7-12/h2-9,11H,10H2,1H3. The molecular formula is C18H14N2O3S. The molecule has 0 N–H and O–H groups in total. The molecule has 0 amide bonds. The maximum absolute atomic E-state index is 12.1. The van der Waals surface area contributed by atoms with Gasteiger partial charge in [0.2, 0.25) is 0 Å². The van der Waals surface area contributed by atoms with Gasteiger partial charge in [0, 0.05) is 17.1 Å². The monoisotopic (exact) mass is 338 g/mol. The van der Waals surface area contributed by atoms with Crippen LogP contribution in [0.5, 0.6) is 0 Å². The highest BCUT2D eigenvalue weighted by molar-refractivity contribution is 7.13. The first-order valence-corrected chi connectivity index (χ1v) is 8.29. The molecule has 0 atom stereocenters. The first kappa shape index (κ1) is 14.7. The number of hydrogen-bond donors (Lipinski definition) is 0. The number of carbonyl (C=O) groups is 1. The van der Waals surface area contributed by atoms with E-state index in [1.807, 2.05) is 54.0 Å². The van der Waals surface area contributed by atoms with Crippen LogP contribution in [0.15, 0.2) is 59.8 Å². The van der Waals surface area contributed by atoms with Crippen LogP contribution in [0.4, 0.5) is 0 Å². The van der Waals surface area contributed by atoms with Crippen molar-refractivity contribution in [2.45, 2.75) is 0 Å². The third-order valence-electron chi connectivity index (χ3n) is 3.82. The molecule has 0 spiro atoms. The van der Waals surface area contributed by atoms with Crippen LogP contribution in [-0.2, 0) is 14.3 Å². The van der Waals surface area contributed by atoms with Crippen LogP contribution in [0.1, 0.15) is 0 Å². The molecule has 1 aromatic carbocycles. The lowest BCUT2D eigenvalue weighted by molar-refractivity contribution is -0.134. The quantitative estimate of drug-likeness (QED) is 0.682. The third kappa shape index (κ3) is 2.41. The fourth-order valence-electron chi connectivity index (χ4n) is 2.65. The lowest BCUT2D eigenvalue weighted by Gasteiger charge is -2.07. The van der Waals surface area contributed by atoms with E-state index in [2.05, 4.69) is 0 Å². The van der Waals surface area contributed by atoms with E-state index in [-0.39, 0.29) is 12.6 Å². The van der Waals surface area contributed by atoms with E-state index in [9.17, 15) is 4.79 Å². The lowest BCUT2D eigenvalue weighted by atomic mass is 10.2. The number of thiazole rings is 1. The SMILES string of the molecule is COC1=C(n2cccc2-c2nc(-c3ccccc3)cs2)C(=O)OC1. The van der Waals surface area contributed by atoms with Crippen LogP contribution >= 0.6 is 11.3 Å². The average molecular weight is 338 g/mol. The number of aromatic nitrogens is 2. The summed E-state index contributed by atoms with van der Waals surface area (Å²) < 4.78 is 12.1. The molecule has 3 aromatic rings. The number of cyclic esters (lactones) is 1. The van der Waals surface area contributed by atoms with Gasteiger partial charge in [-0.15, -0.1) is 11.3 Å². The number of benzene rings is 1. The minimum Gasteiger partial charge on any atom is -0.495 e. The van der Waals surface area contributed by atoms with Crippen LogP contribution in [0, 0.1) is 0 Å². The maximum Gasteiger partial charge on any atom is 0.359 e. The van der Waals surface area contributed by atoms with Crippen LogP contribution in [-0.4, -0.2) is 29.2 Å². The predicted octanol–water partition coefficient (Wildman–Crippen LogP) is 3.65. The van der Waals surface area contributed by atoms with Crippen LogP contribution < -0.4 is 0 Å². The van der Waals surface area contributed by atoms with Gasteiger partial charge < -0.3 is 14.0 Å². The molecule has 0 bridgehead atoms. The van der Waals surface area contributed by atoms with Crippen molar-refractivity contribution in [3.63, 3.8) is 0 Å². The number of carbonyl (C=O) groups excluding carboxylic acids is 1. The zero-order valence-corrected chi connectivity index (χ0v) is 13.7. The maximum atomic E-state index is 12.1. The first-order chi connectivity index (χ1) is 11.8. The Bertz CT molecular complexity index is 925. The van der Waals surface area contributed by atoms with Crippen molar-refractivity contribution in [1.82, 2.24) is 9.55 Å². The Balaban J connectivity index is 1.77. The molecule has 3 heterocycles. The molecular weight excluding hydrogens is 324 g/mol. The van der Waals surface area contributed by atoms with Gasteiger partial charge in [-0.25, -0.2) is 9.78 Å². The number of hydrogen-bond acceptors (Lipinski definition) is 5. The molecule has 2 aromatic heterocycles. The Hall–Kier alpha value is -2.86. The molecule has 1 aliphatic rings. The molecule has 24 heavy (non-hydrogen) atoms. The minimum absolute atomic E-state index is 0.162. The highest BCUT2D eigenvalue weighted by atomic mass is 32.1. The normalized spacial score (nSPS) is 14.1. The van der Waals surface area contributed by atoms with Gasteiger partial charge in [-0.2, -0.15) is 0 Å². The van der Waals surface area contributed by atoms with Crippen LogP contribution in [0.25, 0.3) is 27.7 Å². The van der Waals surface area contributed by atoms with E-state index < -0.39 is 0 Å². The van der Waals surface area contributed by atoms with Crippen molar-refractivity contribution in [2.75, 3.05) is 13.7 Å². The molecule has 1 aliphatic heterocycles. The van der Waals surface area contributed by atoms with E-state index in [1.165, 1.54) is 18.4 Å². The Morgan fingerprint density at radius 1 is 1.21 bits per heavy atom. The van der Waals surface area contributed by atoms with Gasteiger partial charge in [-0.1, -0.05) is 30.3 Å². The summed E-state index contributed by atoms with van der Waals surface area (Å²) in [5, 5.41) is 2.85. The summed E-state index contributed by atoms with van der Waals surface area (Å²) in [7, 11) is 1.54. The number of nitrogens with zero attached hydrogens (tertiary/aromatic N) is 2. The van der Waals surface area contributed by atoms with Gasteiger partial charge in [-0.3, -0.25) is 0 Å².